The highest BCUT2D eigenvalue weighted by atomic mass is 16.6. The van der Waals surface area contributed by atoms with Crippen molar-refractivity contribution in [3.63, 3.8) is 0 Å². The average molecular weight is 575 g/mol. The van der Waals surface area contributed by atoms with Gasteiger partial charge in [-0.25, -0.2) is 14.6 Å². The molecule has 4 rings (SSSR count). The number of rotatable bonds is 11. The molecule has 1 aliphatic rings. The number of ether oxygens (including phenoxy) is 6. The number of nitro benzene ring substituents is 1. The number of aliphatic imine (C=N–C) groups is 1. The van der Waals surface area contributed by atoms with Crippen LogP contribution < -0.4 is 23.7 Å². The highest BCUT2D eigenvalue weighted by molar-refractivity contribution is 6.13. The third-order valence-corrected chi connectivity index (χ3v) is 5.83. The Morgan fingerprint density at radius 1 is 0.929 bits per heavy atom. The van der Waals surface area contributed by atoms with Crippen molar-refractivity contribution in [3.8, 4) is 28.7 Å². The molecule has 0 bridgehead atoms. The quantitative estimate of drug-likeness (QED) is 0.101. The summed E-state index contributed by atoms with van der Waals surface area (Å²) in [6, 6.07) is 13.7. The first kappa shape index (κ1) is 29.3. The van der Waals surface area contributed by atoms with E-state index in [1.807, 2.05) is 0 Å². The number of cyclic esters (lactones) is 1. The molecule has 0 saturated heterocycles. The number of non-ortho nitro benzene ring substituents is 1. The number of carbonyl (C=O) groups is 2. The van der Waals surface area contributed by atoms with Crippen molar-refractivity contribution in [1.82, 2.24) is 0 Å². The molecule has 0 fully saturated rings. The fraction of sp³-hybridized carbons (Fsp3) is 0.167. The summed E-state index contributed by atoms with van der Waals surface area (Å²) < 4.78 is 32.5. The van der Waals surface area contributed by atoms with Crippen molar-refractivity contribution < 1.29 is 42.9 Å². The Balaban J connectivity index is 1.54. The maximum atomic E-state index is 12.6. The Hall–Kier alpha value is -5.65. The topological polar surface area (TPSA) is 145 Å². The summed E-state index contributed by atoms with van der Waals surface area (Å²) in [6.07, 6.45) is 4.18. The number of esters is 2. The van der Waals surface area contributed by atoms with Gasteiger partial charge in [0.25, 0.3) is 5.69 Å². The first-order valence-corrected chi connectivity index (χ1v) is 12.5. The van der Waals surface area contributed by atoms with E-state index in [4.69, 9.17) is 28.4 Å². The van der Waals surface area contributed by atoms with Gasteiger partial charge < -0.3 is 28.4 Å². The first-order valence-electron chi connectivity index (χ1n) is 12.5. The molecule has 0 saturated carbocycles. The van der Waals surface area contributed by atoms with Crippen LogP contribution in [-0.4, -0.2) is 50.7 Å². The van der Waals surface area contributed by atoms with E-state index in [9.17, 15) is 19.7 Å². The van der Waals surface area contributed by atoms with E-state index in [-0.39, 0.29) is 35.4 Å². The van der Waals surface area contributed by atoms with Crippen LogP contribution in [0, 0.1) is 10.1 Å². The molecule has 0 amide bonds. The van der Waals surface area contributed by atoms with Crippen LogP contribution in [0.3, 0.4) is 0 Å². The van der Waals surface area contributed by atoms with E-state index in [2.05, 4.69) is 4.99 Å². The summed E-state index contributed by atoms with van der Waals surface area (Å²) >= 11 is 0. The van der Waals surface area contributed by atoms with E-state index in [1.54, 1.807) is 31.2 Å². The number of nitrogens with zero attached hydrogens (tertiary/aromatic N) is 2. The van der Waals surface area contributed by atoms with Gasteiger partial charge in [0.1, 0.15) is 0 Å². The highest BCUT2D eigenvalue weighted by Crippen LogP contribution is 2.39. The summed E-state index contributed by atoms with van der Waals surface area (Å²) in [4.78, 5) is 39.7. The maximum Gasteiger partial charge on any atom is 0.363 e. The molecular weight excluding hydrogens is 548 g/mol. The van der Waals surface area contributed by atoms with Crippen LogP contribution in [0.4, 0.5) is 5.69 Å². The second-order valence-electron chi connectivity index (χ2n) is 8.49. The molecule has 0 radical (unpaired) electrons. The van der Waals surface area contributed by atoms with Crippen molar-refractivity contribution in [2.45, 2.75) is 6.92 Å². The van der Waals surface area contributed by atoms with E-state index in [1.165, 1.54) is 69.9 Å². The van der Waals surface area contributed by atoms with Crippen molar-refractivity contribution in [2.75, 3.05) is 27.9 Å². The van der Waals surface area contributed by atoms with Crippen molar-refractivity contribution in [2.24, 2.45) is 4.99 Å². The lowest BCUT2D eigenvalue weighted by Gasteiger charge is -2.13. The summed E-state index contributed by atoms with van der Waals surface area (Å²) in [5, 5.41) is 10.8. The zero-order valence-corrected chi connectivity index (χ0v) is 23.1. The zero-order valence-electron chi connectivity index (χ0n) is 23.1. The van der Waals surface area contributed by atoms with Crippen LogP contribution in [0.15, 0.2) is 71.4 Å². The predicted molar refractivity (Wildman–Crippen MR) is 152 cm³/mol. The average Bonchev–Trinajstić information content (AvgIpc) is 3.36. The molecule has 1 heterocycles. The minimum atomic E-state index is -0.681. The minimum Gasteiger partial charge on any atom is -0.493 e. The van der Waals surface area contributed by atoms with Gasteiger partial charge in [-0.1, -0.05) is 6.07 Å². The Labute approximate surface area is 240 Å². The second kappa shape index (κ2) is 13.1. The molecule has 12 heteroatoms. The molecule has 0 aromatic heterocycles. The van der Waals surface area contributed by atoms with Crippen LogP contribution in [0.2, 0.25) is 0 Å². The van der Waals surface area contributed by atoms with E-state index in [0.717, 1.165) is 0 Å². The molecule has 42 heavy (non-hydrogen) atoms. The van der Waals surface area contributed by atoms with Crippen LogP contribution in [0.5, 0.6) is 28.7 Å². The smallest absolute Gasteiger partial charge is 0.363 e. The van der Waals surface area contributed by atoms with Gasteiger partial charge >= 0.3 is 11.9 Å². The number of hydrogen-bond donors (Lipinski definition) is 0. The SMILES string of the molecule is CCOc1cc(/C=C2\N=C(c3cc(OC)c(OC)c(OC)c3)OC2=O)ccc1OC(=O)/C=C/c1ccc([N+](=O)[O-])cc1. The fourth-order valence-electron chi connectivity index (χ4n) is 3.88. The van der Waals surface area contributed by atoms with Crippen molar-refractivity contribution in [1.29, 1.82) is 0 Å². The fourth-order valence-corrected chi connectivity index (χ4v) is 3.88. The van der Waals surface area contributed by atoms with Crippen LogP contribution >= 0.6 is 0 Å². The lowest BCUT2D eigenvalue weighted by atomic mass is 10.1. The third-order valence-electron chi connectivity index (χ3n) is 5.83. The molecule has 216 valence electrons. The number of hydrogen-bond acceptors (Lipinski definition) is 11. The summed E-state index contributed by atoms with van der Waals surface area (Å²) in [5.41, 5.74) is 1.55. The van der Waals surface area contributed by atoms with Gasteiger partial charge in [-0.2, -0.15) is 0 Å². The van der Waals surface area contributed by atoms with Gasteiger partial charge in [0, 0.05) is 23.8 Å². The van der Waals surface area contributed by atoms with Gasteiger partial charge in [-0.05, 0) is 66.6 Å². The molecule has 3 aromatic rings. The van der Waals surface area contributed by atoms with Gasteiger partial charge in [-0.15, -0.1) is 0 Å². The maximum absolute atomic E-state index is 12.6. The van der Waals surface area contributed by atoms with E-state index in [0.29, 0.717) is 33.9 Å². The Kier molecular flexibility index (Phi) is 9.17. The summed E-state index contributed by atoms with van der Waals surface area (Å²) in [5.74, 6) is 0.269. The van der Waals surface area contributed by atoms with Crippen molar-refractivity contribution in [3.05, 3.63) is 93.2 Å². The van der Waals surface area contributed by atoms with Gasteiger partial charge in [0.2, 0.25) is 11.6 Å². The van der Waals surface area contributed by atoms with Gasteiger partial charge in [0.05, 0.1) is 32.9 Å². The Morgan fingerprint density at radius 3 is 2.19 bits per heavy atom. The minimum absolute atomic E-state index is 0.0389. The lowest BCUT2D eigenvalue weighted by molar-refractivity contribution is -0.384. The number of benzene rings is 3. The Bertz CT molecular complexity index is 1580. The standard InChI is InChI=1S/C30H26N2O10/c1-5-40-24-15-19(8-12-23(24)41-27(33)13-9-18-6-10-21(11-7-18)32(35)36)14-22-30(34)42-29(31-22)20-16-25(37-2)28(39-4)26(17-20)38-3/h6-17H,5H2,1-4H3/b13-9+,22-14-. The van der Waals surface area contributed by atoms with Crippen LogP contribution in [0.1, 0.15) is 23.6 Å². The van der Waals surface area contributed by atoms with Gasteiger partial charge in [-0.3, -0.25) is 10.1 Å². The molecule has 0 unspecified atom stereocenters. The number of methoxy groups -OCH3 is 3. The molecule has 1 aliphatic heterocycles. The molecule has 0 spiro atoms. The van der Waals surface area contributed by atoms with Crippen molar-refractivity contribution >= 4 is 35.7 Å². The van der Waals surface area contributed by atoms with Crippen LogP contribution in [-0.2, 0) is 14.3 Å². The van der Waals surface area contributed by atoms with E-state index < -0.39 is 16.9 Å². The molecule has 0 aliphatic carbocycles. The lowest BCUT2D eigenvalue weighted by Crippen LogP contribution is -2.07. The molecule has 12 nitrogen and oxygen atoms in total. The third kappa shape index (κ3) is 6.73. The normalized spacial score (nSPS) is 13.5. The van der Waals surface area contributed by atoms with Gasteiger partial charge in [0.15, 0.2) is 28.7 Å². The molecule has 3 aromatic carbocycles. The molecule has 0 atom stereocenters. The summed E-state index contributed by atoms with van der Waals surface area (Å²) in [6.45, 7) is 2.06. The largest absolute Gasteiger partial charge is 0.493 e. The van der Waals surface area contributed by atoms with E-state index >= 15 is 0 Å². The Morgan fingerprint density at radius 2 is 1.60 bits per heavy atom. The van der Waals surface area contributed by atoms with Crippen LogP contribution in [0.25, 0.3) is 12.2 Å². The highest BCUT2D eigenvalue weighted by Gasteiger charge is 2.26. The predicted octanol–water partition coefficient (Wildman–Crippen LogP) is 4.98. The first-order chi connectivity index (χ1) is 20.3. The second-order valence-corrected chi connectivity index (χ2v) is 8.49. The molecule has 0 N–H and O–H groups in total. The monoisotopic (exact) mass is 574 g/mol. The molecular formula is C30H26N2O10. The number of nitro groups is 1. The zero-order chi connectivity index (χ0) is 30.2. The number of carbonyl (C=O) groups excluding carboxylic acids is 2. The summed E-state index contributed by atoms with van der Waals surface area (Å²) in [7, 11) is 4.43.